The number of hydrogen-bond acceptors (Lipinski definition) is 2. The molecule has 0 aliphatic rings. The van der Waals surface area contributed by atoms with Crippen molar-refractivity contribution in [1.29, 1.82) is 0 Å². The highest BCUT2D eigenvalue weighted by molar-refractivity contribution is 5.51. The van der Waals surface area contributed by atoms with Gasteiger partial charge in [-0.15, -0.1) is 0 Å². The zero-order chi connectivity index (χ0) is 10.2. The van der Waals surface area contributed by atoms with E-state index in [1.807, 2.05) is 19.1 Å². The van der Waals surface area contributed by atoms with Crippen LogP contribution in [-0.4, -0.2) is 19.0 Å². The highest BCUT2D eigenvalue weighted by Gasteiger charge is 2.17. The third-order valence-corrected chi connectivity index (χ3v) is 2.20. The number of carbonyl (C=O) groups excluding carboxylic acids is 1. The molecule has 0 bridgehead atoms. The lowest BCUT2D eigenvalue weighted by atomic mass is 9.98. The van der Waals surface area contributed by atoms with E-state index in [2.05, 4.69) is 6.92 Å². The minimum absolute atomic E-state index is 0.195. The maximum Gasteiger partial charge on any atom is 0.123 e. The molecule has 2 heteroatoms. The van der Waals surface area contributed by atoms with E-state index in [-0.39, 0.29) is 5.60 Å². The monoisotopic (exact) mass is 184 g/mol. The molecular weight excluding hydrogens is 164 g/mol. The van der Waals surface area contributed by atoms with E-state index in [0.29, 0.717) is 6.42 Å². The Bertz CT molecular complexity index is 163. The first-order chi connectivity index (χ1) is 6.18. The predicted molar refractivity (Wildman–Crippen MR) is 54.8 cm³/mol. The van der Waals surface area contributed by atoms with E-state index >= 15 is 0 Å². The molecule has 0 saturated carbocycles. The Labute approximate surface area is 81.0 Å². The fourth-order valence-electron chi connectivity index (χ4n) is 1.15. The molecule has 76 valence electrons. The average Bonchev–Trinajstić information content (AvgIpc) is 2.15. The van der Waals surface area contributed by atoms with Gasteiger partial charge in [0.25, 0.3) is 0 Å². The molecule has 0 aliphatic carbocycles. The maximum absolute atomic E-state index is 10.1. The predicted octanol–water partition coefficient (Wildman–Crippen LogP) is 2.73. The van der Waals surface area contributed by atoms with Crippen molar-refractivity contribution in [2.75, 3.05) is 7.11 Å². The first-order valence-electron chi connectivity index (χ1n) is 4.85. The van der Waals surface area contributed by atoms with Gasteiger partial charge in [-0.1, -0.05) is 31.9 Å². The molecule has 2 nitrogen and oxygen atoms in total. The van der Waals surface area contributed by atoms with Gasteiger partial charge in [0.2, 0.25) is 0 Å². The fourth-order valence-corrected chi connectivity index (χ4v) is 1.15. The molecule has 0 rings (SSSR count). The molecule has 1 unspecified atom stereocenters. The normalized spacial score (nSPS) is 15.9. The van der Waals surface area contributed by atoms with Gasteiger partial charge in [-0.05, 0) is 13.3 Å². The lowest BCUT2D eigenvalue weighted by Crippen LogP contribution is -2.23. The van der Waals surface area contributed by atoms with Crippen LogP contribution in [-0.2, 0) is 9.53 Å². The molecule has 0 fully saturated rings. The van der Waals surface area contributed by atoms with Crippen molar-refractivity contribution in [3.63, 3.8) is 0 Å². The minimum Gasteiger partial charge on any atom is -0.374 e. The Balaban J connectivity index is 4.01. The maximum atomic E-state index is 10.1. The van der Waals surface area contributed by atoms with Gasteiger partial charge in [0.05, 0.1) is 5.60 Å². The first kappa shape index (κ1) is 12.4. The molecule has 0 aliphatic heterocycles. The fraction of sp³-hybridized carbons (Fsp3) is 0.727. The molecule has 0 N–H and O–H groups in total. The van der Waals surface area contributed by atoms with E-state index in [0.717, 1.165) is 19.1 Å². The standard InChI is InChI=1S/C11H20O2/c1-4-5-8-11(2,13-3)9-6-7-10-12/h6,9-10H,4-5,7-8H2,1-3H3. The molecular formula is C11H20O2. The first-order valence-corrected chi connectivity index (χ1v) is 4.85. The van der Waals surface area contributed by atoms with Gasteiger partial charge in [0.1, 0.15) is 6.29 Å². The average molecular weight is 184 g/mol. The highest BCUT2D eigenvalue weighted by atomic mass is 16.5. The second kappa shape index (κ2) is 6.84. The Morgan fingerprint density at radius 2 is 2.15 bits per heavy atom. The summed E-state index contributed by atoms with van der Waals surface area (Å²) in [7, 11) is 1.71. The SMILES string of the molecule is CCCCC(C)(C=CCC=O)OC. The Hall–Kier alpha value is -0.630. The van der Waals surface area contributed by atoms with Crippen molar-refractivity contribution in [3.05, 3.63) is 12.2 Å². The largest absolute Gasteiger partial charge is 0.374 e. The van der Waals surface area contributed by atoms with Gasteiger partial charge in [-0.25, -0.2) is 0 Å². The van der Waals surface area contributed by atoms with Gasteiger partial charge in [0.15, 0.2) is 0 Å². The summed E-state index contributed by atoms with van der Waals surface area (Å²) in [5, 5.41) is 0. The molecule has 0 amide bonds. The van der Waals surface area contributed by atoms with Gasteiger partial charge in [-0.2, -0.15) is 0 Å². The Kier molecular flexibility index (Phi) is 6.51. The van der Waals surface area contributed by atoms with Crippen LogP contribution in [0.2, 0.25) is 0 Å². The summed E-state index contributed by atoms with van der Waals surface area (Å²) in [6.07, 6.45) is 8.55. The Morgan fingerprint density at radius 1 is 1.46 bits per heavy atom. The second-order valence-corrected chi connectivity index (χ2v) is 3.43. The Morgan fingerprint density at radius 3 is 2.62 bits per heavy atom. The number of carbonyl (C=O) groups is 1. The number of rotatable bonds is 7. The summed E-state index contributed by atoms with van der Waals surface area (Å²) < 4.78 is 5.38. The van der Waals surface area contributed by atoms with E-state index in [1.54, 1.807) is 7.11 Å². The number of allylic oxidation sites excluding steroid dienone is 1. The van der Waals surface area contributed by atoms with Crippen LogP contribution in [0, 0.1) is 0 Å². The smallest absolute Gasteiger partial charge is 0.123 e. The topological polar surface area (TPSA) is 26.3 Å². The van der Waals surface area contributed by atoms with Gasteiger partial charge >= 0.3 is 0 Å². The summed E-state index contributed by atoms with van der Waals surface area (Å²) in [6, 6.07) is 0. The number of hydrogen-bond donors (Lipinski definition) is 0. The lowest BCUT2D eigenvalue weighted by Gasteiger charge is -2.24. The molecule has 0 spiro atoms. The van der Waals surface area contributed by atoms with Crippen molar-refractivity contribution in [3.8, 4) is 0 Å². The molecule has 0 aromatic carbocycles. The zero-order valence-electron chi connectivity index (χ0n) is 8.88. The number of methoxy groups -OCH3 is 1. The van der Waals surface area contributed by atoms with Crippen molar-refractivity contribution < 1.29 is 9.53 Å². The van der Waals surface area contributed by atoms with Crippen molar-refractivity contribution in [2.45, 2.75) is 45.1 Å². The third kappa shape index (κ3) is 5.58. The van der Waals surface area contributed by atoms with Crippen LogP contribution in [0.1, 0.15) is 39.5 Å². The van der Waals surface area contributed by atoms with E-state index in [1.165, 1.54) is 6.42 Å². The number of ether oxygens (including phenoxy) is 1. The quantitative estimate of drug-likeness (QED) is 0.449. The molecule has 0 aromatic heterocycles. The van der Waals surface area contributed by atoms with Crippen LogP contribution in [0.5, 0.6) is 0 Å². The van der Waals surface area contributed by atoms with Crippen molar-refractivity contribution in [2.24, 2.45) is 0 Å². The van der Waals surface area contributed by atoms with Crippen LogP contribution < -0.4 is 0 Å². The van der Waals surface area contributed by atoms with Crippen LogP contribution in [0.3, 0.4) is 0 Å². The van der Waals surface area contributed by atoms with Crippen LogP contribution in [0.25, 0.3) is 0 Å². The summed E-state index contributed by atoms with van der Waals surface area (Å²) in [6.45, 7) is 4.20. The van der Waals surface area contributed by atoms with Crippen LogP contribution in [0.15, 0.2) is 12.2 Å². The molecule has 0 aromatic rings. The van der Waals surface area contributed by atoms with Gasteiger partial charge in [0, 0.05) is 13.5 Å². The van der Waals surface area contributed by atoms with Crippen LogP contribution in [0.4, 0.5) is 0 Å². The van der Waals surface area contributed by atoms with Crippen molar-refractivity contribution >= 4 is 6.29 Å². The summed E-state index contributed by atoms with van der Waals surface area (Å²) >= 11 is 0. The summed E-state index contributed by atoms with van der Waals surface area (Å²) in [5.74, 6) is 0. The molecule has 0 saturated heterocycles. The summed E-state index contributed by atoms with van der Waals surface area (Å²) in [5.41, 5.74) is -0.195. The minimum atomic E-state index is -0.195. The van der Waals surface area contributed by atoms with E-state index in [9.17, 15) is 4.79 Å². The highest BCUT2D eigenvalue weighted by Crippen LogP contribution is 2.19. The van der Waals surface area contributed by atoms with E-state index in [4.69, 9.17) is 4.74 Å². The number of aldehydes is 1. The summed E-state index contributed by atoms with van der Waals surface area (Å²) in [4.78, 5) is 10.1. The van der Waals surface area contributed by atoms with Crippen molar-refractivity contribution in [1.82, 2.24) is 0 Å². The second-order valence-electron chi connectivity index (χ2n) is 3.43. The van der Waals surface area contributed by atoms with Crippen LogP contribution >= 0.6 is 0 Å². The molecule has 13 heavy (non-hydrogen) atoms. The molecule has 0 radical (unpaired) electrons. The van der Waals surface area contributed by atoms with E-state index < -0.39 is 0 Å². The zero-order valence-corrected chi connectivity index (χ0v) is 8.88. The van der Waals surface area contributed by atoms with Gasteiger partial charge < -0.3 is 9.53 Å². The van der Waals surface area contributed by atoms with Gasteiger partial charge in [-0.3, -0.25) is 0 Å². The third-order valence-electron chi connectivity index (χ3n) is 2.20. The molecule has 0 heterocycles. The number of unbranched alkanes of at least 4 members (excludes halogenated alkanes) is 1. The molecule has 1 atom stereocenters. The lowest BCUT2D eigenvalue weighted by molar-refractivity contribution is -0.107.